The number of aromatic nitrogens is 2. The molecule has 2 aromatic rings. The molecule has 1 N–H and O–H groups in total. The van der Waals surface area contributed by atoms with Crippen molar-refractivity contribution >= 4 is 17.7 Å². The molecule has 1 aromatic carbocycles. The Bertz CT molecular complexity index is 913. The molecule has 2 aliphatic rings. The van der Waals surface area contributed by atoms with Gasteiger partial charge in [-0.25, -0.2) is 4.98 Å². The van der Waals surface area contributed by atoms with Crippen molar-refractivity contribution in [1.82, 2.24) is 14.9 Å². The summed E-state index contributed by atoms with van der Waals surface area (Å²) < 4.78 is 10.7. The summed E-state index contributed by atoms with van der Waals surface area (Å²) in [5.74, 6) is 2.74. The van der Waals surface area contributed by atoms with Crippen LogP contribution in [0.5, 0.6) is 11.5 Å². The van der Waals surface area contributed by atoms with Gasteiger partial charge < -0.3 is 24.6 Å². The maximum atomic E-state index is 13.1. The molecule has 2 aliphatic heterocycles. The summed E-state index contributed by atoms with van der Waals surface area (Å²) in [5.41, 5.74) is 2.59. The molecule has 8 nitrogen and oxygen atoms in total. The van der Waals surface area contributed by atoms with E-state index in [4.69, 9.17) is 9.47 Å². The van der Waals surface area contributed by atoms with Gasteiger partial charge in [-0.2, -0.15) is 4.98 Å². The zero-order valence-electron chi connectivity index (χ0n) is 16.7. The number of anilines is 2. The van der Waals surface area contributed by atoms with Crippen molar-refractivity contribution in [3.63, 3.8) is 0 Å². The maximum Gasteiger partial charge on any atom is 0.254 e. The van der Waals surface area contributed by atoms with Crippen molar-refractivity contribution in [1.29, 1.82) is 0 Å². The minimum atomic E-state index is -0.0296. The van der Waals surface area contributed by atoms with Gasteiger partial charge in [-0.15, -0.1) is 0 Å². The first-order valence-corrected chi connectivity index (χ1v) is 9.45. The minimum Gasteiger partial charge on any atom is -0.454 e. The number of carbonyl (C=O) groups is 1. The SMILES string of the molecule is CC(C)Nc1nc2c(c(N(C)C)n1)CN(C(=O)c1ccc3c(c1)OCO3)CC2. The van der Waals surface area contributed by atoms with Gasteiger partial charge in [-0.05, 0) is 32.0 Å². The summed E-state index contributed by atoms with van der Waals surface area (Å²) in [4.78, 5) is 26.2. The predicted molar refractivity (Wildman–Crippen MR) is 106 cm³/mol. The van der Waals surface area contributed by atoms with E-state index in [9.17, 15) is 4.79 Å². The molecule has 0 spiro atoms. The van der Waals surface area contributed by atoms with E-state index in [1.807, 2.05) is 23.9 Å². The van der Waals surface area contributed by atoms with Crippen molar-refractivity contribution in [2.75, 3.05) is 37.6 Å². The maximum absolute atomic E-state index is 13.1. The molecule has 0 unspecified atom stereocenters. The summed E-state index contributed by atoms with van der Waals surface area (Å²) in [7, 11) is 3.92. The van der Waals surface area contributed by atoms with Gasteiger partial charge >= 0.3 is 0 Å². The summed E-state index contributed by atoms with van der Waals surface area (Å²) in [6, 6.07) is 5.57. The van der Waals surface area contributed by atoms with Crippen LogP contribution in [0.25, 0.3) is 0 Å². The Morgan fingerprint density at radius 3 is 2.75 bits per heavy atom. The fraction of sp³-hybridized carbons (Fsp3) is 0.450. The molecule has 148 valence electrons. The zero-order chi connectivity index (χ0) is 19.8. The fourth-order valence-electron chi connectivity index (χ4n) is 3.47. The van der Waals surface area contributed by atoms with Gasteiger partial charge in [0.15, 0.2) is 11.5 Å². The number of rotatable bonds is 4. The highest BCUT2D eigenvalue weighted by Crippen LogP contribution is 2.34. The lowest BCUT2D eigenvalue weighted by Gasteiger charge is -2.31. The standard InChI is InChI=1S/C20H25N5O3/c1-12(2)21-20-22-15-7-8-25(10-14(15)18(23-20)24(3)4)19(26)13-5-6-16-17(9-13)28-11-27-16/h5-6,9,12H,7-8,10-11H2,1-4H3,(H,21,22,23). The Morgan fingerprint density at radius 1 is 1.21 bits per heavy atom. The monoisotopic (exact) mass is 383 g/mol. The second-order valence-corrected chi connectivity index (χ2v) is 7.53. The van der Waals surface area contributed by atoms with E-state index < -0.39 is 0 Å². The Labute approximate surface area is 164 Å². The first kappa shape index (κ1) is 18.3. The van der Waals surface area contributed by atoms with Crippen LogP contribution >= 0.6 is 0 Å². The number of nitrogens with one attached hydrogen (secondary N) is 1. The zero-order valence-corrected chi connectivity index (χ0v) is 16.7. The molecule has 0 radical (unpaired) electrons. The average molecular weight is 383 g/mol. The second-order valence-electron chi connectivity index (χ2n) is 7.53. The number of hydrogen-bond donors (Lipinski definition) is 1. The number of hydrogen-bond acceptors (Lipinski definition) is 7. The average Bonchev–Trinajstić information content (AvgIpc) is 3.13. The number of nitrogens with zero attached hydrogens (tertiary/aromatic N) is 4. The summed E-state index contributed by atoms with van der Waals surface area (Å²) in [5, 5.41) is 3.28. The van der Waals surface area contributed by atoms with E-state index in [1.165, 1.54) is 0 Å². The fourth-order valence-corrected chi connectivity index (χ4v) is 3.47. The van der Waals surface area contributed by atoms with Crippen LogP contribution in [0.1, 0.15) is 35.5 Å². The van der Waals surface area contributed by atoms with Crippen LogP contribution in [0, 0.1) is 0 Å². The predicted octanol–water partition coefficient (Wildman–Crippen LogP) is 2.29. The highest BCUT2D eigenvalue weighted by Gasteiger charge is 2.28. The Morgan fingerprint density at radius 2 is 2.00 bits per heavy atom. The molecule has 28 heavy (non-hydrogen) atoms. The number of amides is 1. The lowest BCUT2D eigenvalue weighted by molar-refractivity contribution is 0.0733. The number of carbonyl (C=O) groups excluding carboxylic acids is 1. The van der Waals surface area contributed by atoms with Crippen LogP contribution in [0.15, 0.2) is 18.2 Å². The van der Waals surface area contributed by atoms with Crippen molar-refractivity contribution in [2.45, 2.75) is 32.9 Å². The van der Waals surface area contributed by atoms with Crippen LogP contribution in [0.2, 0.25) is 0 Å². The highest BCUT2D eigenvalue weighted by molar-refractivity contribution is 5.95. The lowest BCUT2D eigenvalue weighted by atomic mass is 10.0. The largest absolute Gasteiger partial charge is 0.454 e. The minimum absolute atomic E-state index is 0.0296. The summed E-state index contributed by atoms with van der Waals surface area (Å²) >= 11 is 0. The highest BCUT2D eigenvalue weighted by atomic mass is 16.7. The van der Waals surface area contributed by atoms with E-state index in [0.29, 0.717) is 42.5 Å². The quantitative estimate of drug-likeness (QED) is 0.868. The van der Waals surface area contributed by atoms with Crippen molar-refractivity contribution in [3.05, 3.63) is 35.0 Å². The molecule has 0 saturated carbocycles. The Balaban J connectivity index is 1.61. The van der Waals surface area contributed by atoms with E-state index in [1.54, 1.807) is 18.2 Å². The molecule has 0 saturated heterocycles. The molecule has 1 aromatic heterocycles. The van der Waals surface area contributed by atoms with Crippen LogP contribution in [0.3, 0.4) is 0 Å². The summed E-state index contributed by atoms with van der Waals surface area (Å²) in [6.45, 7) is 5.41. The van der Waals surface area contributed by atoms with E-state index in [2.05, 4.69) is 29.1 Å². The molecular formula is C20H25N5O3. The van der Waals surface area contributed by atoms with Crippen molar-refractivity contribution in [3.8, 4) is 11.5 Å². The molecule has 8 heteroatoms. The normalized spacial score (nSPS) is 14.8. The van der Waals surface area contributed by atoms with E-state index in [0.717, 1.165) is 17.1 Å². The van der Waals surface area contributed by atoms with E-state index >= 15 is 0 Å². The smallest absolute Gasteiger partial charge is 0.254 e. The van der Waals surface area contributed by atoms with Crippen molar-refractivity contribution < 1.29 is 14.3 Å². The molecular weight excluding hydrogens is 358 g/mol. The van der Waals surface area contributed by atoms with Crippen LogP contribution in [-0.4, -0.2) is 54.2 Å². The summed E-state index contributed by atoms with van der Waals surface area (Å²) in [6.07, 6.45) is 0.696. The number of benzene rings is 1. The molecule has 0 bridgehead atoms. The lowest BCUT2D eigenvalue weighted by Crippen LogP contribution is -2.37. The topological polar surface area (TPSA) is 79.8 Å². The first-order chi connectivity index (χ1) is 13.4. The van der Waals surface area contributed by atoms with Crippen LogP contribution < -0.4 is 19.7 Å². The third kappa shape index (κ3) is 3.42. The van der Waals surface area contributed by atoms with Gasteiger partial charge in [0.1, 0.15) is 5.82 Å². The van der Waals surface area contributed by atoms with Crippen LogP contribution in [0.4, 0.5) is 11.8 Å². The third-order valence-corrected chi connectivity index (χ3v) is 4.79. The second kappa shape index (κ2) is 7.18. The Hall–Kier alpha value is -3.03. The molecule has 0 fully saturated rings. The molecule has 0 atom stereocenters. The number of fused-ring (bicyclic) bond motifs is 2. The van der Waals surface area contributed by atoms with Crippen molar-refractivity contribution in [2.24, 2.45) is 0 Å². The van der Waals surface area contributed by atoms with Gasteiger partial charge in [0.2, 0.25) is 12.7 Å². The molecule has 4 rings (SSSR count). The molecule has 3 heterocycles. The van der Waals surface area contributed by atoms with Gasteiger partial charge in [-0.3, -0.25) is 4.79 Å². The Kier molecular flexibility index (Phi) is 4.70. The van der Waals surface area contributed by atoms with Gasteiger partial charge in [0, 0.05) is 44.2 Å². The van der Waals surface area contributed by atoms with Gasteiger partial charge in [0.25, 0.3) is 5.91 Å². The first-order valence-electron chi connectivity index (χ1n) is 9.45. The van der Waals surface area contributed by atoms with E-state index in [-0.39, 0.29) is 18.7 Å². The van der Waals surface area contributed by atoms with Crippen LogP contribution in [-0.2, 0) is 13.0 Å². The number of ether oxygens (including phenoxy) is 2. The third-order valence-electron chi connectivity index (χ3n) is 4.79. The van der Waals surface area contributed by atoms with Gasteiger partial charge in [0.05, 0.1) is 12.2 Å². The molecule has 0 aliphatic carbocycles. The van der Waals surface area contributed by atoms with Gasteiger partial charge in [-0.1, -0.05) is 0 Å². The molecule has 1 amide bonds.